The molecule has 31 heavy (non-hydrogen) atoms. The molecule has 0 amide bonds. The van der Waals surface area contributed by atoms with Gasteiger partial charge >= 0.3 is 0 Å². The number of hydrogen-bond donors (Lipinski definition) is 0. The highest BCUT2D eigenvalue weighted by Crippen LogP contribution is 2.41. The summed E-state index contributed by atoms with van der Waals surface area (Å²) in [5.41, 5.74) is 3.00. The van der Waals surface area contributed by atoms with E-state index < -0.39 is 0 Å². The summed E-state index contributed by atoms with van der Waals surface area (Å²) < 4.78 is 0. The molecule has 0 aliphatic rings. The van der Waals surface area contributed by atoms with Crippen LogP contribution in [0.15, 0.2) is 60.7 Å². The van der Waals surface area contributed by atoms with Gasteiger partial charge in [0.1, 0.15) is 0 Å². The minimum absolute atomic E-state index is 0.120. The summed E-state index contributed by atoms with van der Waals surface area (Å²) in [7, 11) is 0. The van der Waals surface area contributed by atoms with Gasteiger partial charge in [-0.25, -0.2) is 0 Å². The van der Waals surface area contributed by atoms with Crippen LogP contribution < -0.4 is 0 Å². The van der Waals surface area contributed by atoms with Crippen molar-refractivity contribution in [1.29, 1.82) is 0 Å². The number of aryl methyl sites for hydroxylation is 1. The van der Waals surface area contributed by atoms with Crippen LogP contribution in [0.25, 0.3) is 32.3 Å². The molecule has 0 aliphatic carbocycles. The summed E-state index contributed by atoms with van der Waals surface area (Å²) in [5, 5.41) is 8.20. The lowest BCUT2D eigenvalue weighted by Crippen LogP contribution is -2.14. The molecule has 0 fully saturated rings. The molecular weight excluding hydrogens is 372 g/mol. The molecule has 4 rings (SSSR count). The minimum Gasteiger partial charge on any atom is -0.0683 e. The Labute approximate surface area is 192 Å². The van der Waals surface area contributed by atoms with E-state index in [1.807, 2.05) is 55.4 Å². The van der Waals surface area contributed by atoms with Crippen molar-refractivity contribution in [2.24, 2.45) is 0 Å². The fraction of sp³-hybridized carbons (Fsp3) is 0.419. The zero-order valence-corrected chi connectivity index (χ0v) is 22.3. The van der Waals surface area contributed by atoms with Crippen molar-refractivity contribution >= 4 is 32.3 Å². The van der Waals surface area contributed by atoms with Crippen molar-refractivity contribution in [3.8, 4) is 0 Å². The average Bonchev–Trinajstić information content (AvgIpc) is 2.83. The van der Waals surface area contributed by atoms with E-state index in [9.17, 15) is 0 Å². The molecule has 0 N–H and O–H groups in total. The van der Waals surface area contributed by atoms with Gasteiger partial charge < -0.3 is 0 Å². The van der Waals surface area contributed by atoms with Gasteiger partial charge in [0.2, 0.25) is 0 Å². The highest BCUT2D eigenvalue weighted by molar-refractivity contribution is 6.22. The molecule has 0 heteroatoms. The SMILES string of the molecule is CC.CC.CC.CC.Cc1c(C(C)(C)C)c2ccc3ccccc3c2c2ccccc12. The molecule has 0 atom stereocenters. The number of rotatable bonds is 0. The van der Waals surface area contributed by atoms with Crippen molar-refractivity contribution in [3.63, 3.8) is 0 Å². The molecule has 0 bridgehead atoms. The lowest BCUT2D eigenvalue weighted by Gasteiger charge is -2.26. The first-order valence-corrected chi connectivity index (χ1v) is 12.3. The predicted octanol–water partition coefficient (Wildman–Crippen LogP) is 10.9. The van der Waals surface area contributed by atoms with Gasteiger partial charge in [-0.3, -0.25) is 0 Å². The van der Waals surface area contributed by atoms with Crippen LogP contribution in [0.5, 0.6) is 0 Å². The number of fused-ring (bicyclic) bond motifs is 5. The Morgan fingerprint density at radius 3 is 1.45 bits per heavy atom. The molecule has 0 nitrogen and oxygen atoms in total. The van der Waals surface area contributed by atoms with Gasteiger partial charge in [0.25, 0.3) is 0 Å². The van der Waals surface area contributed by atoms with Crippen molar-refractivity contribution in [2.75, 3.05) is 0 Å². The lowest BCUT2D eigenvalue weighted by atomic mass is 9.78. The van der Waals surface area contributed by atoms with Crippen molar-refractivity contribution in [1.82, 2.24) is 0 Å². The van der Waals surface area contributed by atoms with E-state index in [1.165, 1.54) is 43.4 Å². The van der Waals surface area contributed by atoms with Crippen LogP contribution in [-0.4, -0.2) is 0 Å². The van der Waals surface area contributed by atoms with E-state index in [0.29, 0.717) is 0 Å². The van der Waals surface area contributed by atoms with E-state index in [0.717, 1.165) is 0 Å². The molecule has 0 saturated carbocycles. The van der Waals surface area contributed by atoms with Gasteiger partial charge in [-0.05, 0) is 55.8 Å². The molecule has 0 radical (unpaired) electrons. The first kappa shape index (κ1) is 28.7. The van der Waals surface area contributed by atoms with Crippen LogP contribution in [0.3, 0.4) is 0 Å². The zero-order chi connectivity index (χ0) is 24.2. The van der Waals surface area contributed by atoms with Crippen molar-refractivity contribution in [2.45, 2.75) is 88.5 Å². The highest BCUT2D eigenvalue weighted by atomic mass is 14.3. The second-order valence-corrected chi connectivity index (χ2v) is 7.50. The van der Waals surface area contributed by atoms with Crippen LogP contribution in [-0.2, 0) is 5.41 Å². The molecule has 0 aliphatic heterocycles. The molecule has 0 spiro atoms. The van der Waals surface area contributed by atoms with E-state index in [2.05, 4.69) is 88.4 Å². The van der Waals surface area contributed by atoms with Crippen LogP contribution in [0.1, 0.15) is 87.3 Å². The average molecular weight is 419 g/mol. The van der Waals surface area contributed by atoms with Gasteiger partial charge in [0.05, 0.1) is 0 Å². The molecule has 0 heterocycles. The van der Waals surface area contributed by atoms with Crippen LogP contribution in [0.4, 0.5) is 0 Å². The molecule has 4 aromatic rings. The summed E-state index contributed by atoms with van der Waals surface area (Å²) in [6.45, 7) is 25.2. The van der Waals surface area contributed by atoms with E-state index >= 15 is 0 Å². The summed E-state index contributed by atoms with van der Waals surface area (Å²) in [5.74, 6) is 0. The third kappa shape index (κ3) is 6.10. The Bertz CT molecular complexity index is 1050. The summed E-state index contributed by atoms with van der Waals surface area (Å²) >= 11 is 0. The second-order valence-electron chi connectivity index (χ2n) is 7.50. The quantitative estimate of drug-likeness (QED) is 0.249. The standard InChI is InChI=1S/C23H22.4C2H6/c1-15-17-10-7-8-12-19(17)21-18-11-6-5-9-16(18)13-14-20(21)22(15)23(2,3)4;4*1-2/h5-14H,1-4H3;4*1-2H3. The largest absolute Gasteiger partial charge is 0.0683 e. The number of hydrogen-bond acceptors (Lipinski definition) is 0. The molecule has 170 valence electrons. The van der Waals surface area contributed by atoms with Gasteiger partial charge in [-0.15, -0.1) is 0 Å². The first-order chi connectivity index (χ1) is 15.0. The summed E-state index contributed by atoms with van der Waals surface area (Å²) in [4.78, 5) is 0. The van der Waals surface area contributed by atoms with Gasteiger partial charge in [0.15, 0.2) is 0 Å². The van der Waals surface area contributed by atoms with E-state index in [1.54, 1.807) is 0 Å². The fourth-order valence-electron chi connectivity index (χ4n) is 4.10. The topological polar surface area (TPSA) is 0 Å². The molecule has 0 aromatic heterocycles. The molecular formula is C31H46. The number of benzene rings is 4. The van der Waals surface area contributed by atoms with E-state index in [-0.39, 0.29) is 5.41 Å². The fourth-order valence-corrected chi connectivity index (χ4v) is 4.10. The lowest BCUT2D eigenvalue weighted by molar-refractivity contribution is 0.593. The highest BCUT2D eigenvalue weighted by Gasteiger charge is 2.22. The maximum atomic E-state index is 2.32. The maximum Gasteiger partial charge on any atom is -0.00236 e. The predicted molar refractivity (Wildman–Crippen MR) is 148 cm³/mol. The van der Waals surface area contributed by atoms with Gasteiger partial charge in [-0.2, -0.15) is 0 Å². The third-order valence-corrected chi connectivity index (χ3v) is 4.92. The first-order valence-electron chi connectivity index (χ1n) is 12.3. The normalized spacial score (nSPS) is 9.94. The monoisotopic (exact) mass is 418 g/mol. The Balaban J connectivity index is 0.00000102. The Hall–Kier alpha value is -2.34. The van der Waals surface area contributed by atoms with Gasteiger partial charge in [0, 0.05) is 0 Å². The molecule has 0 unspecified atom stereocenters. The second kappa shape index (κ2) is 13.9. The Morgan fingerprint density at radius 2 is 0.935 bits per heavy atom. The molecule has 4 aromatic carbocycles. The summed E-state index contributed by atoms with van der Waals surface area (Å²) in [6, 6.07) is 22.1. The van der Waals surface area contributed by atoms with Crippen LogP contribution in [0.2, 0.25) is 0 Å². The summed E-state index contributed by atoms with van der Waals surface area (Å²) in [6.07, 6.45) is 0. The zero-order valence-electron chi connectivity index (χ0n) is 22.3. The van der Waals surface area contributed by atoms with Crippen molar-refractivity contribution < 1.29 is 0 Å². The molecule has 0 saturated heterocycles. The van der Waals surface area contributed by atoms with Crippen LogP contribution >= 0.6 is 0 Å². The Kier molecular flexibility index (Phi) is 12.8. The van der Waals surface area contributed by atoms with Crippen LogP contribution in [0, 0.1) is 6.92 Å². The van der Waals surface area contributed by atoms with Gasteiger partial charge in [-0.1, -0.05) is 137 Å². The Morgan fingerprint density at radius 1 is 0.484 bits per heavy atom. The minimum atomic E-state index is 0.120. The third-order valence-electron chi connectivity index (χ3n) is 4.92. The smallest absolute Gasteiger partial charge is 0.00236 e. The maximum absolute atomic E-state index is 2.32. The van der Waals surface area contributed by atoms with Crippen molar-refractivity contribution in [3.05, 3.63) is 71.8 Å². The van der Waals surface area contributed by atoms with E-state index in [4.69, 9.17) is 0 Å².